The monoisotopic (exact) mass is 132 g/mol. The second kappa shape index (κ2) is 1.98. The predicted octanol–water partition coefficient (Wildman–Crippen LogP) is 0.0580. The Bertz CT molecular complexity index is 249. The summed E-state index contributed by atoms with van der Waals surface area (Å²) in [6.07, 6.45) is 6.47. The van der Waals surface area contributed by atoms with E-state index in [4.69, 9.17) is 0 Å². The van der Waals surface area contributed by atoms with Gasteiger partial charge in [-0.2, -0.15) is 0 Å². The van der Waals surface area contributed by atoms with E-state index < -0.39 is 0 Å². The van der Waals surface area contributed by atoms with E-state index in [0.29, 0.717) is 11.6 Å². The zero-order valence-electron chi connectivity index (χ0n) is 5.10. The molecule has 4 heteroatoms. The average molecular weight is 132 g/mol. The lowest BCUT2D eigenvalue weighted by Crippen LogP contribution is -1.84. The van der Waals surface area contributed by atoms with E-state index >= 15 is 0 Å². The predicted molar refractivity (Wildman–Crippen MR) is 34.1 cm³/mol. The van der Waals surface area contributed by atoms with Gasteiger partial charge >= 0.3 is 0 Å². The van der Waals surface area contributed by atoms with Crippen LogP contribution in [0.25, 0.3) is 11.6 Å². The van der Waals surface area contributed by atoms with Crippen molar-refractivity contribution in [2.24, 2.45) is 0 Å². The van der Waals surface area contributed by atoms with Gasteiger partial charge in [-0.15, -0.1) is 0 Å². The van der Waals surface area contributed by atoms with Crippen LogP contribution in [0.5, 0.6) is 0 Å². The molecule has 0 amide bonds. The van der Waals surface area contributed by atoms with Gasteiger partial charge in [0.05, 0.1) is 0 Å². The van der Waals surface area contributed by atoms with E-state index in [2.05, 4.69) is 19.9 Å². The summed E-state index contributed by atoms with van der Waals surface area (Å²) in [5.41, 5.74) is 0. The highest BCUT2D eigenvalue weighted by Crippen LogP contribution is 2.02. The van der Waals surface area contributed by atoms with E-state index in [1.54, 1.807) is 24.8 Å². The molecule has 0 aliphatic rings. The molecule has 0 saturated carbocycles. The Morgan fingerprint density at radius 1 is 0.900 bits per heavy atom. The summed E-state index contributed by atoms with van der Waals surface area (Å²) in [6, 6.07) is 0. The highest BCUT2D eigenvalue weighted by molar-refractivity contribution is 5.40. The largest absolute Gasteiger partial charge is 0.443 e. The van der Waals surface area contributed by atoms with Gasteiger partial charge in [-0.3, -0.25) is 0 Å². The maximum absolute atomic E-state index is 3.92. The Balaban J connectivity index is 2.48. The molecular weight excluding hydrogens is 128 g/mol. The first-order valence-electron chi connectivity index (χ1n) is 2.84. The molecule has 0 aliphatic heterocycles. The molecule has 0 spiro atoms. The van der Waals surface area contributed by atoms with Crippen LogP contribution in [0.15, 0.2) is 24.8 Å². The number of hydrogen-bond donors (Lipinski definition) is 0. The zero-order chi connectivity index (χ0) is 6.81. The second-order valence-corrected chi connectivity index (χ2v) is 1.76. The molecule has 0 N–H and O–H groups in total. The smallest absolute Gasteiger partial charge is 0.0603 e. The van der Waals surface area contributed by atoms with E-state index in [1.807, 2.05) is 0 Å². The Morgan fingerprint density at radius 2 is 1.40 bits per heavy atom. The van der Waals surface area contributed by atoms with Gasteiger partial charge in [0, 0.05) is 0 Å². The Labute approximate surface area is 57.3 Å². The van der Waals surface area contributed by atoms with Gasteiger partial charge in [0.15, 0.2) is 0 Å². The maximum atomic E-state index is 3.92. The van der Waals surface area contributed by atoms with Gasteiger partial charge in [0.2, 0.25) is 0 Å². The minimum atomic E-state index is 0.588. The third kappa shape index (κ3) is 0.699. The van der Waals surface area contributed by atoms with Crippen molar-refractivity contribution < 1.29 is 0 Å². The van der Waals surface area contributed by atoms with Crippen LogP contribution < -0.4 is 9.97 Å². The van der Waals surface area contributed by atoms with Crippen LogP contribution >= 0.6 is 0 Å². The summed E-state index contributed by atoms with van der Waals surface area (Å²) >= 11 is 0. The highest BCUT2D eigenvalue weighted by atomic mass is 15.0. The van der Waals surface area contributed by atoms with Crippen LogP contribution in [-0.2, 0) is 0 Å². The van der Waals surface area contributed by atoms with Crippen LogP contribution in [0, 0.1) is 0 Å². The van der Waals surface area contributed by atoms with Gasteiger partial charge < -0.3 is 19.9 Å². The fourth-order valence-electron chi connectivity index (χ4n) is 0.713. The minimum absolute atomic E-state index is 0.588. The molecule has 0 atom stereocenters. The summed E-state index contributed by atoms with van der Waals surface area (Å²) < 4.78 is 0. The van der Waals surface area contributed by atoms with Gasteiger partial charge in [0.25, 0.3) is 0 Å². The van der Waals surface area contributed by atoms with E-state index in [1.165, 1.54) is 0 Å². The topological polar surface area (TPSA) is 54.0 Å². The van der Waals surface area contributed by atoms with Crippen molar-refractivity contribution in [3.8, 4) is 11.6 Å². The Hall–Kier alpha value is -1.58. The van der Waals surface area contributed by atoms with Crippen LogP contribution in [0.3, 0.4) is 0 Å². The second-order valence-electron chi connectivity index (χ2n) is 1.76. The van der Waals surface area contributed by atoms with E-state index in [9.17, 15) is 0 Å². The third-order valence-corrected chi connectivity index (χ3v) is 1.12. The van der Waals surface area contributed by atoms with Crippen LogP contribution in [-0.4, -0.2) is 9.97 Å². The first kappa shape index (κ1) is 5.22. The van der Waals surface area contributed by atoms with Crippen molar-refractivity contribution in [3.63, 3.8) is 0 Å². The molecule has 0 radical (unpaired) electrons. The summed E-state index contributed by atoms with van der Waals surface area (Å²) in [4.78, 5) is 15.7. The SMILES string of the molecule is c1c[n-]c(-c2ncc[n-]2)n1. The number of aromatic nitrogens is 4. The van der Waals surface area contributed by atoms with Crippen LogP contribution in [0.1, 0.15) is 0 Å². The van der Waals surface area contributed by atoms with Crippen molar-refractivity contribution in [2.75, 3.05) is 0 Å². The molecular formula is C6H4N4-2. The van der Waals surface area contributed by atoms with Crippen molar-refractivity contribution in [2.45, 2.75) is 0 Å². The third-order valence-electron chi connectivity index (χ3n) is 1.12. The summed E-state index contributed by atoms with van der Waals surface area (Å²) in [7, 11) is 0. The van der Waals surface area contributed by atoms with Crippen molar-refractivity contribution in [1.29, 1.82) is 0 Å². The molecule has 10 heavy (non-hydrogen) atoms. The fraction of sp³-hybridized carbons (Fsp3) is 0. The molecule has 2 heterocycles. The average Bonchev–Trinajstić information content (AvgIpc) is 2.59. The lowest BCUT2D eigenvalue weighted by molar-refractivity contribution is 1.17. The first-order valence-corrected chi connectivity index (χ1v) is 2.84. The number of hydrogen-bond acceptors (Lipinski definition) is 2. The summed E-state index contributed by atoms with van der Waals surface area (Å²) in [5.74, 6) is 1.18. The number of nitrogens with zero attached hydrogens (tertiary/aromatic N) is 4. The molecule has 2 aromatic rings. The molecule has 0 fully saturated rings. The van der Waals surface area contributed by atoms with E-state index in [-0.39, 0.29) is 0 Å². The quantitative estimate of drug-likeness (QED) is 0.550. The molecule has 0 bridgehead atoms. The van der Waals surface area contributed by atoms with Crippen molar-refractivity contribution in [3.05, 3.63) is 24.8 Å². The molecule has 0 aromatic carbocycles. The Kier molecular flexibility index (Phi) is 1.04. The molecule has 50 valence electrons. The minimum Gasteiger partial charge on any atom is -0.443 e. The van der Waals surface area contributed by atoms with Gasteiger partial charge in [0.1, 0.15) is 0 Å². The van der Waals surface area contributed by atoms with Gasteiger partial charge in [-0.25, -0.2) is 0 Å². The molecule has 0 unspecified atom stereocenters. The summed E-state index contributed by atoms with van der Waals surface area (Å²) in [5, 5.41) is 0. The number of imidazole rings is 2. The van der Waals surface area contributed by atoms with Crippen molar-refractivity contribution in [1.82, 2.24) is 19.9 Å². The van der Waals surface area contributed by atoms with Gasteiger partial charge in [-0.1, -0.05) is 36.4 Å². The lowest BCUT2D eigenvalue weighted by atomic mass is 10.6. The zero-order valence-corrected chi connectivity index (χ0v) is 5.10. The van der Waals surface area contributed by atoms with Crippen molar-refractivity contribution >= 4 is 0 Å². The van der Waals surface area contributed by atoms with Gasteiger partial charge in [-0.05, 0) is 0 Å². The molecule has 0 aliphatic carbocycles. The first-order chi connectivity index (χ1) is 4.97. The Morgan fingerprint density at radius 3 is 1.70 bits per heavy atom. The molecule has 2 aromatic heterocycles. The van der Waals surface area contributed by atoms with Crippen LogP contribution in [0.2, 0.25) is 0 Å². The van der Waals surface area contributed by atoms with E-state index in [0.717, 1.165) is 0 Å². The normalized spacial score (nSPS) is 10.0. The molecule has 4 nitrogen and oxygen atoms in total. The number of rotatable bonds is 1. The standard InChI is InChI=1S/C6H4N4/c1-2-8-5(7-1)6-9-3-4-10-6/h1-4H/q-2. The van der Waals surface area contributed by atoms with Crippen LogP contribution in [0.4, 0.5) is 0 Å². The molecule has 2 rings (SSSR count). The molecule has 0 saturated heterocycles. The summed E-state index contributed by atoms with van der Waals surface area (Å²) in [6.45, 7) is 0. The maximum Gasteiger partial charge on any atom is -0.0603 e. The fourth-order valence-corrected chi connectivity index (χ4v) is 0.713. The lowest BCUT2D eigenvalue weighted by Gasteiger charge is -2.04. The highest BCUT2D eigenvalue weighted by Gasteiger charge is 1.79.